The van der Waals surface area contributed by atoms with Crippen LogP contribution in [-0.2, 0) is 6.61 Å². The number of pyridine rings is 1. The molecule has 1 aliphatic heterocycles. The van der Waals surface area contributed by atoms with Crippen LogP contribution in [0, 0.1) is 6.92 Å². The Morgan fingerprint density at radius 3 is 2.86 bits per heavy atom. The zero-order valence-electron chi connectivity index (χ0n) is 16.3. The smallest absolute Gasteiger partial charge is 0.255 e. The number of amides is 1. The van der Waals surface area contributed by atoms with Crippen molar-refractivity contribution in [1.82, 2.24) is 20.0 Å². The molecule has 3 aromatic rings. The highest BCUT2D eigenvalue weighted by Gasteiger charge is 2.19. The van der Waals surface area contributed by atoms with Crippen molar-refractivity contribution in [2.75, 3.05) is 13.1 Å². The number of benzene rings is 1. The van der Waals surface area contributed by atoms with Crippen LogP contribution in [0.3, 0.4) is 0 Å². The number of imidazole rings is 1. The molecule has 1 fully saturated rings. The van der Waals surface area contributed by atoms with Crippen molar-refractivity contribution >= 4 is 36.4 Å². The fourth-order valence-electron chi connectivity index (χ4n) is 3.44. The Hall–Kier alpha value is -2.28. The van der Waals surface area contributed by atoms with Gasteiger partial charge in [0.25, 0.3) is 5.91 Å². The van der Waals surface area contributed by atoms with Gasteiger partial charge in [0.1, 0.15) is 18.0 Å². The molecule has 1 atom stereocenters. The first-order valence-electron chi connectivity index (χ1n) is 9.37. The Labute approximate surface area is 182 Å². The van der Waals surface area contributed by atoms with Crippen molar-refractivity contribution in [3.8, 4) is 5.75 Å². The molecule has 3 heterocycles. The number of fused-ring (bicyclic) bond motifs is 1. The highest BCUT2D eigenvalue weighted by atomic mass is 35.5. The van der Waals surface area contributed by atoms with Crippen LogP contribution in [0.15, 0.2) is 48.8 Å². The van der Waals surface area contributed by atoms with E-state index in [0.29, 0.717) is 17.9 Å². The van der Waals surface area contributed by atoms with E-state index in [1.807, 2.05) is 54.0 Å². The lowest BCUT2D eigenvalue weighted by Gasteiger charge is -2.24. The van der Waals surface area contributed by atoms with Crippen LogP contribution >= 0.6 is 24.8 Å². The highest BCUT2D eigenvalue weighted by Crippen LogP contribution is 2.20. The van der Waals surface area contributed by atoms with Gasteiger partial charge in [0.15, 0.2) is 0 Å². The van der Waals surface area contributed by atoms with Gasteiger partial charge in [-0.25, -0.2) is 4.98 Å². The van der Waals surface area contributed by atoms with Crippen LogP contribution in [0.4, 0.5) is 0 Å². The van der Waals surface area contributed by atoms with E-state index in [1.165, 1.54) is 0 Å². The standard InChI is InChI=1S/C21H24N4O2.2ClH/c1-15-6-5-11-25-13-17(23-20(15)25)14-27-19-9-3-2-8-18(19)21(26)24-16-7-4-10-22-12-16;;/h2-3,5-6,8-9,11,13,16,22H,4,7,10,12,14H2,1H3,(H,24,26);2*1H. The summed E-state index contributed by atoms with van der Waals surface area (Å²) in [5.41, 5.74) is 3.43. The van der Waals surface area contributed by atoms with Gasteiger partial charge in [-0.05, 0) is 50.1 Å². The summed E-state index contributed by atoms with van der Waals surface area (Å²) in [6.45, 7) is 4.18. The van der Waals surface area contributed by atoms with Crippen LogP contribution in [0.25, 0.3) is 5.65 Å². The SMILES string of the molecule is Cc1cccn2cc(COc3ccccc3C(=O)NC3CCCNC3)nc12.Cl.Cl. The second-order valence-corrected chi connectivity index (χ2v) is 6.96. The summed E-state index contributed by atoms with van der Waals surface area (Å²) in [6, 6.07) is 11.6. The van der Waals surface area contributed by atoms with E-state index < -0.39 is 0 Å². The van der Waals surface area contributed by atoms with E-state index in [1.54, 1.807) is 6.07 Å². The van der Waals surface area contributed by atoms with Crippen LogP contribution in [0.1, 0.15) is 34.5 Å². The van der Waals surface area contributed by atoms with Crippen LogP contribution in [0.2, 0.25) is 0 Å². The lowest BCUT2D eigenvalue weighted by atomic mass is 10.1. The lowest BCUT2D eigenvalue weighted by Crippen LogP contribution is -2.45. The second kappa shape index (κ2) is 10.5. The molecule has 1 unspecified atom stereocenters. The third-order valence-electron chi connectivity index (χ3n) is 4.87. The molecule has 0 radical (unpaired) electrons. The van der Waals surface area contributed by atoms with Crippen molar-refractivity contribution in [3.05, 3.63) is 65.6 Å². The summed E-state index contributed by atoms with van der Waals surface area (Å²) in [4.78, 5) is 17.3. The van der Waals surface area contributed by atoms with Gasteiger partial charge in [0.2, 0.25) is 0 Å². The molecular weight excluding hydrogens is 411 g/mol. The Kier molecular flexibility index (Phi) is 8.32. The highest BCUT2D eigenvalue weighted by molar-refractivity contribution is 5.97. The number of aryl methyl sites for hydroxylation is 1. The molecule has 2 N–H and O–H groups in total. The zero-order chi connectivity index (χ0) is 18.6. The van der Waals surface area contributed by atoms with Gasteiger partial charge in [0.05, 0.1) is 11.3 Å². The average Bonchev–Trinajstić information content (AvgIpc) is 3.12. The molecule has 0 bridgehead atoms. The molecule has 4 rings (SSSR count). The van der Waals surface area contributed by atoms with Gasteiger partial charge in [-0.15, -0.1) is 24.8 Å². The Morgan fingerprint density at radius 2 is 2.10 bits per heavy atom. The van der Waals surface area contributed by atoms with Gasteiger partial charge in [-0.3, -0.25) is 4.79 Å². The fraction of sp³-hybridized carbons (Fsp3) is 0.333. The summed E-state index contributed by atoms with van der Waals surface area (Å²) in [6.07, 6.45) is 6.01. The molecule has 8 heteroatoms. The number of aromatic nitrogens is 2. The molecule has 0 aliphatic carbocycles. The molecule has 6 nitrogen and oxygen atoms in total. The quantitative estimate of drug-likeness (QED) is 0.641. The minimum absolute atomic E-state index is 0. The van der Waals surface area contributed by atoms with Crippen molar-refractivity contribution in [2.45, 2.75) is 32.4 Å². The number of rotatable bonds is 5. The van der Waals surface area contributed by atoms with E-state index >= 15 is 0 Å². The first kappa shape index (κ1) is 23.0. The number of carbonyl (C=O) groups is 1. The molecule has 1 saturated heterocycles. The van der Waals surface area contributed by atoms with Crippen molar-refractivity contribution in [3.63, 3.8) is 0 Å². The summed E-state index contributed by atoms with van der Waals surface area (Å²) in [7, 11) is 0. The molecule has 0 saturated carbocycles. The van der Waals surface area contributed by atoms with E-state index in [-0.39, 0.29) is 36.8 Å². The number of para-hydroxylation sites is 1. The number of piperidine rings is 1. The van der Waals surface area contributed by atoms with Crippen LogP contribution < -0.4 is 15.4 Å². The Bertz CT molecular complexity index is 955. The number of hydrogen-bond acceptors (Lipinski definition) is 4. The third-order valence-corrected chi connectivity index (χ3v) is 4.87. The summed E-state index contributed by atoms with van der Waals surface area (Å²) >= 11 is 0. The van der Waals surface area contributed by atoms with Gasteiger partial charge in [-0.1, -0.05) is 18.2 Å². The molecule has 1 aromatic carbocycles. The minimum Gasteiger partial charge on any atom is -0.486 e. The van der Waals surface area contributed by atoms with E-state index in [4.69, 9.17) is 4.74 Å². The molecular formula is C21H26Cl2N4O2. The number of halogens is 2. The average molecular weight is 437 g/mol. The predicted octanol–water partition coefficient (Wildman–Crippen LogP) is 3.55. The van der Waals surface area contributed by atoms with Crippen molar-refractivity contribution in [2.24, 2.45) is 0 Å². The van der Waals surface area contributed by atoms with Gasteiger partial charge >= 0.3 is 0 Å². The van der Waals surface area contributed by atoms with Crippen molar-refractivity contribution in [1.29, 1.82) is 0 Å². The van der Waals surface area contributed by atoms with Gasteiger partial charge < -0.3 is 19.8 Å². The van der Waals surface area contributed by atoms with E-state index in [2.05, 4.69) is 15.6 Å². The van der Waals surface area contributed by atoms with Gasteiger partial charge in [0, 0.05) is 25.0 Å². The summed E-state index contributed by atoms with van der Waals surface area (Å²) in [5.74, 6) is 0.484. The van der Waals surface area contributed by atoms with Crippen molar-refractivity contribution < 1.29 is 9.53 Å². The molecule has 156 valence electrons. The molecule has 2 aromatic heterocycles. The number of carbonyl (C=O) groups excluding carboxylic acids is 1. The Morgan fingerprint density at radius 1 is 1.28 bits per heavy atom. The fourth-order valence-corrected chi connectivity index (χ4v) is 3.44. The molecule has 1 aliphatic rings. The van der Waals surface area contributed by atoms with E-state index in [0.717, 1.165) is 42.8 Å². The van der Waals surface area contributed by atoms with Gasteiger partial charge in [-0.2, -0.15) is 0 Å². The zero-order valence-corrected chi connectivity index (χ0v) is 17.9. The Balaban J connectivity index is 0.00000150. The molecule has 1 amide bonds. The van der Waals surface area contributed by atoms with E-state index in [9.17, 15) is 4.79 Å². The monoisotopic (exact) mass is 436 g/mol. The third kappa shape index (κ3) is 5.41. The molecule has 0 spiro atoms. The summed E-state index contributed by atoms with van der Waals surface area (Å²) in [5, 5.41) is 6.42. The largest absolute Gasteiger partial charge is 0.486 e. The minimum atomic E-state index is -0.0925. The number of nitrogens with one attached hydrogen (secondary N) is 2. The number of ether oxygens (including phenoxy) is 1. The number of nitrogens with zero attached hydrogens (tertiary/aromatic N) is 2. The topological polar surface area (TPSA) is 67.7 Å². The normalized spacial score (nSPS) is 15.8. The number of hydrogen-bond donors (Lipinski definition) is 2. The first-order chi connectivity index (χ1) is 13.2. The first-order valence-corrected chi connectivity index (χ1v) is 9.37. The van der Waals surface area contributed by atoms with Crippen LogP contribution in [0.5, 0.6) is 5.75 Å². The maximum absolute atomic E-state index is 12.7. The maximum atomic E-state index is 12.7. The van der Waals surface area contributed by atoms with Crippen LogP contribution in [-0.4, -0.2) is 34.4 Å². The molecule has 29 heavy (non-hydrogen) atoms. The lowest BCUT2D eigenvalue weighted by molar-refractivity contribution is 0.0926. The summed E-state index contributed by atoms with van der Waals surface area (Å²) < 4.78 is 7.94. The predicted molar refractivity (Wildman–Crippen MR) is 119 cm³/mol. The maximum Gasteiger partial charge on any atom is 0.255 e. The second-order valence-electron chi connectivity index (χ2n) is 6.96.